The molecule has 1 aromatic carbocycles. The molecule has 2 heterocycles. The van der Waals surface area contributed by atoms with Gasteiger partial charge in [0.2, 0.25) is 5.91 Å². The average molecular weight is 324 g/mol. The third-order valence-electron chi connectivity index (χ3n) is 4.27. The topological polar surface area (TPSA) is 74.3 Å². The highest BCUT2D eigenvalue weighted by molar-refractivity contribution is 5.93. The van der Waals surface area contributed by atoms with Crippen molar-refractivity contribution in [1.82, 2.24) is 20.7 Å². The molecule has 2 N–H and O–H groups in total. The summed E-state index contributed by atoms with van der Waals surface area (Å²) in [6, 6.07) is 13.2. The van der Waals surface area contributed by atoms with Gasteiger partial charge in [-0.1, -0.05) is 30.3 Å². The van der Waals surface area contributed by atoms with Crippen LogP contribution in [0.2, 0.25) is 0 Å². The first kappa shape index (κ1) is 16.1. The molecular formula is C18H20N4O2. The number of nitrogens with one attached hydrogen (secondary N) is 2. The molecule has 3 rings (SSSR count). The molecule has 0 saturated heterocycles. The number of hydrazine groups is 1. The molecule has 1 aliphatic heterocycles. The molecule has 1 atom stereocenters. The summed E-state index contributed by atoms with van der Waals surface area (Å²) in [5, 5.41) is 0. The second-order valence-corrected chi connectivity index (χ2v) is 5.87. The number of hydrogen-bond donors (Lipinski definition) is 2. The first-order chi connectivity index (χ1) is 11.6. The number of rotatable bonds is 3. The summed E-state index contributed by atoms with van der Waals surface area (Å²) in [6.45, 7) is 0.912. The lowest BCUT2D eigenvalue weighted by atomic mass is 9.91. The quantitative estimate of drug-likeness (QED) is 0.838. The van der Waals surface area contributed by atoms with E-state index in [1.165, 1.54) is 17.3 Å². The van der Waals surface area contributed by atoms with Crippen molar-refractivity contribution >= 4 is 11.8 Å². The van der Waals surface area contributed by atoms with Gasteiger partial charge in [-0.05, 0) is 36.7 Å². The van der Waals surface area contributed by atoms with Crippen molar-refractivity contribution in [1.29, 1.82) is 0 Å². The zero-order valence-electron chi connectivity index (χ0n) is 13.5. The molecule has 0 spiro atoms. The van der Waals surface area contributed by atoms with E-state index in [4.69, 9.17) is 0 Å². The maximum absolute atomic E-state index is 12.2. The van der Waals surface area contributed by atoms with Crippen LogP contribution in [0.1, 0.15) is 34.1 Å². The van der Waals surface area contributed by atoms with Crippen molar-refractivity contribution in [2.24, 2.45) is 0 Å². The second-order valence-electron chi connectivity index (χ2n) is 5.87. The molecule has 2 amide bonds. The summed E-state index contributed by atoms with van der Waals surface area (Å²) >= 11 is 0. The van der Waals surface area contributed by atoms with E-state index in [2.05, 4.69) is 32.9 Å². The van der Waals surface area contributed by atoms with Gasteiger partial charge in [-0.15, -0.1) is 0 Å². The fourth-order valence-electron chi connectivity index (χ4n) is 2.96. The molecule has 6 nitrogen and oxygen atoms in total. The first-order valence-corrected chi connectivity index (χ1v) is 7.93. The van der Waals surface area contributed by atoms with Crippen molar-refractivity contribution in [3.8, 4) is 0 Å². The summed E-state index contributed by atoms with van der Waals surface area (Å²) in [7, 11) is 2.01. The predicted octanol–water partition coefficient (Wildman–Crippen LogP) is 1.46. The lowest BCUT2D eigenvalue weighted by molar-refractivity contribution is -0.123. The van der Waals surface area contributed by atoms with Gasteiger partial charge in [-0.3, -0.25) is 30.3 Å². The third-order valence-corrected chi connectivity index (χ3v) is 4.27. The Morgan fingerprint density at radius 1 is 1.17 bits per heavy atom. The minimum atomic E-state index is -0.429. The number of hydrogen-bond acceptors (Lipinski definition) is 4. The van der Waals surface area contributed by atoms with Gasteiger partial charge in [0.1, 0.15) is 5.69 Å². The summed E-state index contributed by atoms with van der Waals surface area (Å²) in [4.78, 5) is 30.2. The zero-order chi connectivity index (χ0) is 16.9. The molecule has 1 unspecified atom stereocenters. The molecule has 124 valence electrons. The molecule has 1 aromatic heterocycles. The zero-order valence-corrected chi connectivity index (χ0v) is 13.5. The van der Waals surface area contributed by atoms with Crippen LogP contribution in [0.3, 0.4) is 0 Å². The fourth-order valence-corrected chi connectivity index (χ4v) is 2.96. The molecule has 24 heavy (non-hydrogen) atoms. The van der Waals surface area contributed by atoms with Crippen LogP contribution >= 0.6 is 0 Å². The van der Waals surface area contributed by atoms with Crippen LogP contribution in [0.5, 0.6) is 0 Å². The number of nitrogens with zero attached hydrogens (tertiary/aromatic N) is 2. The number of amides is 2. The van der Waals surface area contributed by atoms with Crippen molar-refractivity contribution in [3.63, 3.8) is 0 Å². The number of likely N-dealkylation sites (N-methyl/N-ethyl adjacent to an activating group) is 1. The van der Waals surface area contributed by atoms with Gasteiger partial charge >= 0.3 is 0 Å². The van der Waals surface area contributed by atoms with Crippen LogP contribution in [-0.4, -0.2) is 35.3 Å². The normalized spacial score (nSPS) is 17.0. The maximum atomic E-state index is 12.2. The van der Waals surface area contributed by atoms with Gasteiger partial charge in [-0.25, -0.2) is 0 Å². The van der Waals surface area contributed by atoms with E-state index in [1.807, 2.05) is 19.2 Å². The molecule has 0 saturated carbocycles. The van der Waals surface area contributed by atoms with Crippen molar-refractivity contribution < 1.29 is 9.59 Å². The Morgan fingerprint density at radius 2 is 1.96 bits per heavy atom. The standard InChI is InChI=1S/C18H20N4O2/c1-22-11-9-13-6-2-3-7-14(13)16(22)12-17(23)20-21-18(24)15-8-4-5-10-19-15/h2-8,10,16H,9,11-12H2,1H3,(H,20,23)(H,21,24). The van der Waals surface area contributed by atoms with E-state index >= 15 is 0 Å². The summed E-state index contributed by atoms with van der Waals surface area (Å²) < 4.78 is 0. The van der Waals surface area contributed by atoms with Crippen LogP contribution in [0, 0.1) is 0 Å². The van der Waals surface area contributed by atoms with Crippen LogP contribution in [-0.2, 0) is 11.2 Å². The number of pyridine rings is 1. The van der Waals surface area contributed by atoms with Gasteiger partial charge < -0.3 is 0 Å². The lowest BCUT2D eigenvalue weighted by Gasteiger charge is -2.34. The summed E-state index contributed by atoms with van der Waals surface area (Å²) in [5.41, 5.74) is 7.61. The Hall–Kier alpha value is -2.73. The van der Waals surface area contributed by atoms with Crippen molar-refractivity contribution in [2.75, 3.05) is 13.6 Å². The molecule has 2 aromatic rings. The number of fused-ring (bicyclic) bond motifs is 1. The second kappa shape index (κ2) is 7.23. The number of aromatic nitrogens is 1. The van der Waals surface area contributed by atoms with Crippen molar-refractivity contribution in [2.45, 2.75) is 18.9 Å². The van der Waals surface area contributed by atoms with Gasteiger partial charge in [-0.2, -0.15) is 0 Å². The van der Waals surface area contributed by atoms with E-state index in [0.717, 1.165) is 13.0 Å². The van der Waals surface area contributed by atoms with Crippen LogP contribution in [0.4, 0.5) is 0 Å². The van der Waals surface area contributed by atoms with Crippen LogP contribution in [0.25, 0.3) is 0 Å². The Labute approximate surface area is 140 Å². The van der Waals surface area contributed by atoms with Crippen LogP contribution < -0.4 is 10.9 Å². The van der Waals surface area contributed by atoms with Gasteiger partial charge in [0, 0.05) is 25.2 Å². The van der Waals surface area contributed by atoms with Gasteiger partial charge in [0.05, 0.1) is 0 Å². The van der Waals surface area contributed by atoms with Gasteiger partial charge in [0.15, 0.2) is 0 Å². The highest BCUT2D eigenvalue weighted by Gasteiger charge is 2.26. The van der Waals surface area contributed by atoms with E-state index in [9.17, 15) is 9.59 Å². The number of carbonyl (C=O) groups excluding carboxylic acids is 2. The lowest BCUT2D eigenvalue weighted by Crippen LogP contribution is -2.44. The van der Waals surface area contributed by atoms with E-state index in [0.29, 0.717) is 0 Å². The molecule has 0 radical (unpaired) electrons. The first-order valence-electron chi connectivity index (χ1n) is 7.93. The van der Waals surface area contributed by atoms with E-state index in [1.54, 1.807) is 18.2 Å². The predicted molar refractivity (Wildman–Crippen MR) is 90.0 cm³/mol. The van der Waals surface area contributed by atoms with Gasteiger partial charge in [0.25, 0.3) is 5.91 Å². The smallest absolute Gasteiger partial charge is 0.288 e. The van der Waals surface area contributed by atoms with Crippen molar-refractivity contribution in [3.05, 3.63) is 65.5 Å². The largest absolute Gasteiger partial charge is 0.299 e. The molecular weight excluding hydrogens is 304 g/mol. The SMILES string of the molecule is CN1CCc2ccccc2C1CC(=O)NNC(=O)c1ccccn1. The fraction of sp³-hybridized carbons (Fsp3) is 0.278. The number of benzene rings is 1. The summed E-state index contributed by atoms with van der Waals surface area (Å²) in [5.74, 6) is -0.658. The average Bonchev–Trinajstić information content (AvgIpc) is 2.63. The molecule has 0 aliphatic carbocycles. The Morgan fingerprint density at radius 3 is 2.75 bits per heavy atom. The Kier molecular flexibility index (Phi) is 4.86. The molecule has 0 bridgehead atoms. The molecule has 6 heteroatoms. The Balaban J connectivity index is 1.60. The minimum absolute atomic E-state index is 0.0155. The monoisotopic (exact) mass is 324 g/mol. The molecule has 1 aliphatic rings. The van der Waals surface area contributed by atoms with E-state index in [-0.39, 0.29) is 24.1 Å². The maximum Gasteiger partial charge on any atom is 0.288 e. The highest BCUT2D eigenvalue weighted by atomic mass is 16.2. The van der Waals surface area contributed by atoms with Crippen LogP contribution in [0.15, 0.2) is 48.7 Å². The minimum Gasteiger partial charge on any atom is -0.299 e. The molecule has 0 fully saturated rings. The highest BCUT2D eigenvalue weighted by Crippen LogP contribution is 2.30. The van der Waals surface area contributed by atoms with E-state index < -0.39 is 5.91 Å². The number of carbonyl (C=O) groups is 2. The third kappa shape index (κ3) is 3.60. The Bertz CT molecular complexity index is 733. The summed E-state index contributed by atoms with van der Waals surface area (Å²) in [6.07, 6.45) is 2.81.